The van der Waals surface area contributed by atoms with Crippen molar-refractivity contribution in [2.45, 2.75) is 31.0 Å². The number of thiazole rings is 1. The molecule has 0 amide bonds. The third-order valence-corrected chi connectivity index (χ3v) is 4.15. The Morgan fingerprint density at radius 1 is 1.35 bits per heavy atom. The van der Waals surface area contributed by atoms with Gasteiger partial charge in [-0.05, 0) is 0 Å². The van der Waals surface area contributed by atoms with Gasteiger partial charge in [-0.15, -0.1) is 11.3 Å². The number of nitrogens with zero attached hydrogens (tertiary/aromatic N) is 3. The highest BCUT2D eigenvalue weighted by Crippen LogP contribution is 2.37. The minimum Gasteiger partial charge on any atom is -0.283 e. The zero-order valence-corrected chi connectivity index (χ0v) is 10.9. The SMILES string of the molecule is N#CC(c1cnc(C(F)(F)F)s1)N1CCC(F)(F)CC1. The van der Waals surface area contributed by atoms with Gasteiger partial charge in [-0.25, -0.2) is 13.8 Å². The summed E-state index contributed by atoms with van der Waals surface area (Å²) in [6, 6.07) is 0.906. The van der Waals surface area contributed by atoms with Crippen molar-refractivity contribution in [1.29, 1.82) is 5.26 Å². The van der Waals surface area contributed by atoms with Crippen molar-refractivity contribution in [3.8, 4) is 6.07 Å². The smallest absolute Gasteiger partial charge is 0.283 e. The van der Waals surface area contributed by atoms with Crippen molar-refractivity contribution in [2.75, 3.05) is 13.1 Å². The van der Waals surface area contributed by atoms with E-state index in [0.29, 0.717) is 11.3 Å². The molecule has 1 atom stereocenters. The number of piperidine rings is 1. The van der Waals surface area contributed by atoms with Crippen LogP contribution in [0.4, 0.5) is 22.0 Å². The second kappa shape index (κ2) is 5.26. The number of rotatable bonds is 2. The molecule has 0 N–H and O–H groups in total. The van der Waals surface area contributed by atoms with Crippen LogP contribution >= 0.6 is 11.3 Å². The van der Waals surface area contributed by atoms with Gasteiger partial charge in [-0.2, -0.15) is 18.4 Å². The van der Waals surface area contributed by atoms with Crippen LogP contribution in [0.5, 0.6) is 0 Å². The zero-order valence-electron chi connectivity index (χ0n) is 10.1. The van der Waals surface area contributed by atoms with E-state index in [1.165, 1.54) is 4.90 Å². The maximum Gasteiger partial charge on any atom is 0.443 e. The molecule has 2 rings (SSSR count). The second-order valence-corrected chi connectivity index (χ2v) is 5.55. The van der Waals surface area contributed by atoms with Crippen molar-refractivity contribution in [3.05, 3.63) is 16.1 Å². The van der Waals surface area contributed by atoms with Crippen LogP contribution in [0, 0.1) is 11.3 Å². The molecule has 1 aromatic rings. The van der Waals surface area contributed by atoms with E-state index in [2.05, 4.69) is 4.98 Å². The Bertz CT molecular complexity index is 509. The van der Waals surface area contributed by atoms with Gasteiger partial charge < -0.3 is 0 Å². The van der Waals surface area contributed by atoms with Crippen LogP contribution in [-0.2, 0) is 6.18 Å². The molecule has 0 radical (unpaired) electrons. The first-order chi connectivity index (χ1) is 9.23. The lowest BCUT2D eigenvalue weighted by molar-refractivity contribution is -0.137. The summed E-state index contributed by atoms with van der Waals surface area (Å²) < 4.78 is 63.5. The van der Waals surface area contributed by atoms with Crippen LogP contribution in [0.3, 0.4) is 0 Å². The number of halogens is 5. The standard InChI is InChI=1S/C11H10F5N3S/c12-10(13)1-3-19(4-2-10)7(5-17)8-6-18-9(20-8)11(14,15)16/h6-7H,1-4H2. The minimum atomic E-state index is -4.56. The fourth-order valence-electron chi connectivity index (χ4n) is 1.98. The number of hydrogen-bond donors (Lipinski definition) is 0. The first-order valence-corrected chi connectivity index (χ1v) is 6.59. The highest BCUT2D eigenvalue weighted by atomic mass is 32.1. The number of alkyl halides is 5. The maximum atomic E-state index is 13.0. The van der Waals surface area contributed by atoms with E-state index in [9.17, 15) is 22.0 Å². The van der Waals surface area contributed by atoms with E-state index in [1.54, 1.807) is 0 Å². The third kappa shape index (κ3) is 3.24. The molecule has 0 bridgehead atoms. The average molecular weight is 311 g/mol. The number of nitriles is 1. The third-order valence-electron chi connectivity index (χ3n) is 3.05. The molecule has 0 aliphatic carbocycles. The predicted molar refractivity (Wildman–Crippen MR) is 61.2 cm³/mol. The van der Waals surface area contributed by atoms with E-state index in [-0.39, 0.29) is 18.0 Å². The molecule has 0 saturated carbocycles. The Balaban J connectivity index is 2.14. The summed E-state index contributed by atoms with van der Waals surface area (Å²) in [5.41, 5.74) is 0. The van der Waals surface area contributed by atoms with E-state index in [0.717, 1.165) is 6.20 Å². The fraction of sp³-hybridized carbons (Fsp3) is 0.636. The fourth-order valence-corrected chi connectivity index (χ4v) is 2.84. The van der Waals surface area contributed by atoms with Crippen molar-refractivity contribution < 1.29 is 22.0 Å². The predicted octanol–water partition coefficient (Wildman–Crippen LogP) is 3.46. The van der Waals surface area contributed by atoms with Crippen molar-refractivity contribution in [3.63, 3.8) is 0 Å². The molecule has 110 valence electrons. The number of likely N-dealkylation sites (tertiary alicyclic amines) is 1. The molecule has 3 nitrogen and oxygen atoms in total. The van der Waals surface area contributed by atoms with Crippen LogP contribution < -0.4 is 0 Å². The molecule has 0 spiro atoms. The van der Waals surface area contributed by atoms with Crippen LogP contribution in [0.2, 0.25) is 0 Å². The summed E-state index contributed by atoms with van der Waals surface area (Å²) in [6.07, 6.45) is -4.35. The summed E-state index contributed by atoms with van der Waals surface area (Å²) in [7, 11) is 0. The van der Waals surface area contributed by atoms with E-state index in [1.807, 2.05) is 6.07 Å². The molecule has 1 aromatic heterocycles. The maximum absolute atomic E-state index is 13.0. The highest BCUT2D eigenvalue weighted by molar-refractivity contribution is 7.11. The second-order valence-electron chi connectivity index (χ2n) is 4.49. The molecule has 1 aliphatic heterocycles. The van der Waals surface area contributed by atoms with Gasteiger partial charge >= 0.3 is 6.18 Å². The summed E-state index contributed by atoms with van der Waals surface area (Å²) in [5.74, 6) is -2.76. The van der Waals surface area contributed by atoms with Crippen molar-refractivity contribution in [2.24, 2.45) is 0 Å². The van der Waals surface area contributed by atoms with Crippen LogP contribution in [-0.4, -0.2) is 28.9 Å². The first-order valence-electron chi connectivity index (χ1n) is 5.77. The summed E-state index contributed by atoms with van der Waals surface area (Å²) in [5, 5.41) is 8.06. The Hall–Kier alpha value is -1.27. The van der Waals surface area contributed by atoms with Gasteiger partial charge in [0, 0.05) is 32.1 Å². The monoisotopic (exact) mass is 311 g/mol. The minimum absolute atomic E-state index is 0.0233. The molecular formula is C11H10F5N3S. The molecule has 20 heavy (non-hydrogen) atoms. The van der Waals surface area contributed by atoms with Crippen LogP contribution in [0.15, 0.2) is 6.20 Å². The first kappa shape index (κ1) is 15.1. The van der Waals surface area contributed by atoms with Crippen LogP contribution in [0.25, 0.3) is 0 Å². The van der Waals surface area contributed by atoms with Gasteiger partial charge in [0.1, 0.15) is 6.04 Å². The van der Waals surface area contributed by atoms with Gasteiger partial charge in [-0.1, -0.05) is 0 Å². The molecular weight excluding hydrogens is 301 g/mol. The number of aromatic nitrogens is 1. The highest BCUT2D eigenvalue weighted by Gasteiger charge is 2.39. The Morgan fingerprint density at radius 2 is 1.95 bits per heavy atom. The molecule has 1 fully saturated rings. The van der Waals surface area contributed by atoms with Gasteiger partial charge in [0.2, 0.25) is 0 Å². The summed E-state index contributed by atoms with van der Waals surface area (Å²) >= 11 is 0.378. The molecule has 1 unspecified atom stereocenters. The Labute approximate surface area is 115 Å². The lowest BCUT2D eigenvalue weighted by Crippen LogP contribution is -2.40. The summed E-state index contributed by atoms with van der Waals surface area (Å²) in [6.45, 7) is -0.0467. The van der Waals surface area contributed by atoms with Crippen molar-refractivity contribution >= 4 is 11.3 Å². The molecule has 1 aliphatic rings. The van der Waals surface area contributed by atoms with Gasteiger partial charge in [0.05, 0.1) is 10.9 Å². The van der Waals surface area contributed by atoms with Gasteiger partial charge in [-0.3, -0.25) is 4.90 Å². The zero-order chi connectivity index (χ0) is 15.0. The van der Waals surface area contributed by atoms with Gasteiger partial charge in [0.15, 0.2) is 5.01 Å². The van der Waals surface area contributed by atoms with Crippen LogP contribution in [0.1, 0.15) is 28.8 Å². The van der Waals surface area contributed by atoms with Crippen molar-refractivity contribution in [1.82, 2.24) is 9.88 Å². The average Bonchev–Trinajstić information content (AvgIpc) is 2.81. The molecule has 9 heteroatoms. The quantitative estimate of drug-likeness (QED) is 0.785. The Kier molecular flexibility index (Phi) is 3.97. The largest absolute Gasteiger partial charge is 0.443 e. The molecule has 2 heterocycles. The molecule has 1 saturated heterocycles. The lowest BCUT2D eigenvalue weighted by atomic mass is 10.0. The van der Waals surface area contributed by atoms with E-state index < -0.39 is 36.0 Å². The van der Waals surface area contributed by atoms with E-state index >= 15 is 0 Å². The topological polar surface area (TPSA) is 39.9 Å². The molecule has 0 aromatic carbocycles. The Morgan fingerprint density at radius 3 is 2.40 bits per heavy atom. The lowest BCUT2D eigenvalue weighted by Gasteiger charge is -2.33. The van der Waals surface area contributed by atoms with E-state index in [4.69, 9.17) is 5.26 Å². The summed E-state index contributed by atoms with van der Waals surface area (Å²) in [4.78, 5) is 4.84. The normalized spacial score (nSPS) is 21.4. The number of hydrogen-bond acceptors (Lipinski definition) is 4. The van der Waals surface area contributed by atoms with Gasteiger partial charge in [0.25, 0.3) is 5.92 Å².